The van der Waals surface area contributed by atoms with Crippen molar-refractivity contribution in [2.24, 2.45) is 0 Å². The fourth-order valence-corrected chi connectivity index (χ4v) is 3.35. The zero-order valence-electron chi connectivity index (χ0n) is 11.8. The van der Waals surface area contributed by atoms with Gasteiger partial charge < -0.3 is 9.52 Å². The van der Waals surface area contributed by atoms with Crippen LogP contribution in [0.3, 0.4) is 0 Å². The molecule has 1 aromatic rings. The monoisotopic (exact) mass is 278 g/mol. The summed E-state index contributed by atoms with van der Waals surface area (Å²) in [5.74, 6) is -0.178. The molecule has 1 N–H and O–H groups in total. The fraction of sp³-hybridized carbons (Fsp3) is 0.667. The predicted molar refractivity (Wildman–Crippen MR) is 74.8 cm³/mol. The minimum atomic E-state index is -0.925. The highest BCUT2D eigenvalue weighted by Crippen LogP contribution is 2.24. The highest BCUT2D eigenvalue weighted by molar-refractivity contribution is 5.87. The van der Waals surface area contributed by atoms with Crippen LogP contribution in [0.2, 0.25) is 0 Å². The summed E-state index contributed by atoms with van der Waals surface area (Å²) in [6.45, 7) is 5.04. The summed E-state index contributed by atoms with van der Waals surface area (Å²) < 4.78 is 5.32. The zero-order chi connectivity index (χ0) is 13.9. The molecule has 0 atom stereocenters. The molecule has 20 heavy (non-hydrogen) atoms. The minimum Gasteiger partial charge on any atom is -0.478 e. The summed E-state index contributed by atoms with van der Waals surface area (Å²) in [7, 11) is 0. The molecule has 1 aromatic heterocycles. The van der Waals surface area contributed by atoms with Crippen molar-refractivity contribution in [3.8, 4) is 0 Å². The van der Waals surface area contributed by atoms with Gasteiger partial charge >= 0.3 is 5.97 Å². The Hall–Kier alpha value is -1.33. The Labute approximate surface area is 119 Å². The second kappa shape index (κ2) is 5.97. The van der Waals surface area contributed by atoms with Gasteiger partial charge in [-0.1, -0.05) is 12.8 Å². The fourth-order valence-electron chi connectivity index (χ4n) is 3.35. The van der Waals surface area contributed by atoms with Gasteiger partial charge in [-0.15, -0.1) is 0 Å². The molecule has 2 heterocycles. The van der Waals surface area contributed by atoms with E-state index in [0.717, 1.165) is 38.0 Å². The lowest BCUT2D eigenvalue weighted by molar-refractivity contribution is 0.0696. The maximum atomic E-state index is 10.8. The van der Waals surface area contributed by atoms with Crippen LogP contribution in [0.25, 0.3) is 0 Å². The molecule has 5 nitrogen and oxygen atoms in total. The molecule has 110 valence electrons. The number of hydrogen-bond acceptors (Lipinski definition) is 4. The number of carboxylic acids is 1. The number of piperazine rings is 1. The normalized spacial score (nSPS) is 22.4. The van der Waals surface area contributed by atoms with Crippen molar-refractivity contribution < 1.29 is 14.3 Å². The van der Waals surface area contributed by atoms with E-state index in [-0.39, 0.29) is 5.56 Å². The van der Waals surface area contributed by atoms with E-state index in [2.05, 4.69) is 9.80 Å². The van der Waals surface area contributed by atoms with E-state index >= 15 is 0 Å². The van der Waals surface area contributed by atoms with Crippen LogP contribution >= 0.6 is 0 Å². The molecule has 2 aliphatic rings. The zero-order valence-corrected chi connectivity index (χ0v) is 11.8. The molecule has 5 heteroatoms. The van der Waals surface area contributed by atoms with Crippen molar-refractivity contribution >= 4 is 5.97 Å². The van der Waals surface area contributed by atoms with Gasteiger partial charge in [0.1, 0.15) is 12.0 Å². The second-order valence-corrected chi connectivity index (χ2v) is 5.86. The van der Waals surface area contributed by atoms with Crippen LogP contribution in [0, 0.1) is 0 Å². The first-order chi connectivity index (χ1) is 9.72. The quantitative estimate of drug-likeness (QED) is 0.913. The molecule has 1 saturated carbocycles. The molecule has 2 fully saturated rings. The molecule has 3 rings (SSSR count). The Morgan fingerprint density at radius 2 is 1.95 bits per heavy atom. The Morgan fingerprint density at radius 3 is 2.55 bits per heavy atom. The molecule has 0 amide bonds. The minimum absolute atomic E-state index is 0.240. The summed E-state index contributed by atoms with van der Waals surface area (Å²) >= 11 is 0. The van der Waals surface area contributed by atoms with E-state index in [9.17, 15) is 4.79 Å². The summed E-state index contributed by atoms with van der Waals surface area (Å²) in [6.07, 6.45) is 6.82. The smallest absolute Gasteiger partial charge is 0.338 e. The van der Waals surface area contributed by atoms with Gasteiger partial charge in [0.15, 0.2) is 0 Å². The summed E-state index contributed by atoms with van der Waals surface area (Å²) in [4.78, 5) is 15.8. The van der Waals surface area contributed by atoms with E-state index in [4.69, 9.17) is 9.52 Å². The molecule has 1 aliphatic heterocycles. The summed E-state index contributed by atoms with van der Waals surface area (Å²) in [6, 6.07) is 2.44. The number of hydrogen-bond donors (Lipinski definition) is 1. The lowest BCUT2D eigenvalue weighted by Crippen LogP contribution is -2.49. The number of carbonyl (C=O) groups is 1. The Kier molecular flexibility index (Phi) is 4.08. The van der Waals surface area contributed by atoms with Crippen LogP contribution < -0.4 is 0 Å². The number of furan rings is 1. The topological polar surface area (TPSA) is 56.9 Å². The first-order valence-electron chi connectivity index (χ1n) is 7.49. The lowest BCUT2D eigenvalue weighted by Gasteiger charge is -2.37. The van der Waals surface area contributed by atoms with Gasteiger partial charge in [0.05, 0.1) is 12.1 Å². The van der Waals surface area contributed by atoms with Crippen molar-refractivity contribution in [2.45, 2.75) is 38.3 Å². The van der Waals surface area contributed by atoms with E-state index < -0.39 is 5.97 Å². The van der Waals surface area contributed by atoms with Crippen LogP contribution in [0.4, 0.5) is 0 Å². The number of carboxylic acid groups (broad SMARTS) is 1. The van der Waals surface area contributed by atoms with Gasteiger partial charge in [0, 0.05) is 32.2 Å². The largest absolute Gasteiger partial charge is 0.478 e. The average molecular weight is 278 g/mol. The molecule has 0 bridgehead atoms. The first-order valence-corrected chi connectivity index (χ1v) is 7.49. The van der Waals surface area contributed by atoms with Crippen LogP contribution in [0.5, 0.6) is 0 Å². The van der Waals surface area contributed by atoms with Gasteiger partial charge in [0.2, 0.25) is 0 Å². The van der Waals surface area contributed by atoms with Crippen molar-refractivity contribution in [1.29, 1.82) is 0 Å². The number of aromatic carboxylic acids is 1. The van der Waals surface area contributed by atoms with Gasteiger partial charge in [-0.2, -0.15) is 0 Å². The van der Waals surface area contributed by atoms with Crippen molar-refractivity contribution in [3.05, 3.63) is 23.7 Å². The van der Waals surface area contributed by atoms with E-state index in [1.54, 1.807) is 6.07 Å². The molecular weight excluding hydrogens is 256 g/mol. The van der Waals surface area contributed by atoms with Crippen LogP contribution in [0.1, 0.15) is 41.8 Å². The molecule has 0 spiro atoms. The molecule has 0 aromatic carbocycles. The van der Waals surface area contributed by atoms with Gasteiger partial charge in [-0.25, -0.2) is 4.79 Å². The first kappa shape index (κ1) is 13.6. The van der Waals surface area contributed by atoms with Crippen LogP contribution in [-0.4, -0.2) is 53.1 Å². The van der Waals surface area contributed by atoms with E-state index in [1.165, 1.54) is 31.9 Å². The Balaban J connectivity index is 1.49. The second-order valence-electron chi connectivity index (χ2n) is 5.86. The van der Waals surface area contributed by atoms with Gasteiger partial charge in [-0.05, 0) is 18.9 Å². The highest BCUT2D eigenvalue weighted by atomic mass is 16.4. The van der Waals surface area contributed by atoms with Crippen LogP contribution in [-0.2, 0) is 6.54 Å². The maximum absolute atomic E-state index is 10.8. The van der Waals surface area contributed by atoms with Crippen molar-refractivity contribution in [2.75, 3.05) is 26.2 Å². The molecule has 1 aliphatic carbocycles. The van der Waals surface area contributed by atoms with E-state index in [1.807, 2.05) is 0 Å². The maximum Gasteiger partial charge on any atom is 0.338 e. The van der Waals surface area contributed by atoms with Crippen LogP contribution in [0.15, 0.2) is 16.7 Å². The molecule has 0 unspecified atom stereocenters. The Bertz CT molecular complexity index is 457. The third-order valence-corrected chi connectivity index (χ3v) is 4.53. The summed E-state index contributed by atoms with van der Waals surface area (Å²) in [5, 5.41) is 8.88. The average Bonchev–Trinajstić information content (AvgIpc) is 3.10. The predicted octanol–water partition coefficient (Wildman–Crippen LogP) is 2.04. The van der Waals surface area contributed by atoms with Gasteiger partial charge in [0.25, 0.3) is 0 Å². The van der Waals surface area contributed by atoms with Gasteiger partial charge in [-0.3, -0.25) is 9.80 Å². The SMILES string of the molecule is O=C(O)c1coc(CN2CCN(C3CCCC3)CC2)c1. The molecular formula is C15H22N2O3. The number of nitrogens with zero attached hydrogens (tertiary/aromatic N) is 2. The Morgan fingerprint density at radius 1 is 1.25 bits per heavy atom. The van der Waals surface area contributed by atoms with Crippen molar-refractivity contribution in [3.63, 3.8) is 0 Å². The van der Waals surface area contributed by atoms with E-state index in [0.29, 0.717) is 6.54 Å². The van der Waals surface area contributed by atoms with Crippen molar-refractivity contribution in [1.82, 2.24) is 9.80 Å². The summed E-state index contributed by atoms with van der Waals surface area (Å²) in [5.41, 5.74) is 0.240. The third-order valence-electron chi connectivity index (χ3n) is 4.53. The lowest BCUT2D eigenvalue weighted by atomic mass is 10.2. The third kappa shape index (κ3) is 3.04. The molecule has 0 radical (unpaired) electrons. The highest BCUT2D eigenvalue weighted by Gasteiger charge is 2.26. The standard InChI is InChI=1S/C15H22N2O3/c18-15(19)12-9-14(20-11-12)10-16-5-7-17(8-6-16)13-3-1-2-4-13/h9,11,13H,1-8,10H2,(H,18,19). The molecule has 1 saturated heterocycles. The number of rotatable bonds is 4.